The number of benzene rings is 6. The van der Waals surface area contributed by atoms with Crippen LogP contribution in [0.3, 0.4) is 0 Å². The lowest BCUT2D eigenvalue weighted by molar-refractivity contribution is 1.08. The molecule has 48 heavy (non-hydrogen) atoms. The largest absolute Gasteiger partial charge is 0.309 e. The summed E-state index contributed by atoms with van der Waals surface area (Å²) in [6.07, 6.45) is 1.86. The van der Waals surface area contributed by atoms with E-state index < -0.39 is 0 Å². The molecule has 11 rings (SSSR count). The lowest BCUT2D eigenvalue weighted by atomic mass is 9.94. The summed E-state index contributed by atoms with van der Waals surface area (Å²) in [5.41, 5.74) is 13.6. The van der Waals surface area contributed by atoms with Crippen LogP contribution >= 0.6 is 0 Å². The molecular weight excluding hydrogens is 587 g/mol. The lowest BCUT2D eigenvalue weighted by Crippen LogP contribution is -2.02. The number of hydrogen-bond acceptors (Lipinski definition) is 3. The van der Waals surface area contributed by atoms with Crippen molar-refractivity contribution >= 4 is 54.6 Å². The molecule has 5 nitrogen and oxygen atoms in total. The third-order valence-electron chi connectivity index (χ3n) is 9.88. The molecule has 4 aromatic heterocycles. The molecule has 1 aliphatic heterocycles. The molecule has 0 bridgehead atoms. The molecule has 0 spiro atoms. The number of para-hydroxylation sites is 5. The Balaban J connectivity index is 1.26. The van der Waals surface area contributed by atoms with Crippen LogP contribution in [0, 0.1) is 0 Å². The smallest absolute Gasteiger partial charge is 0.166 e. The van der Waals surface area contributed by atoms with E-state index in [4.69, 9.17) is 15.0 Å². The summed E-state index contributed by atoms with van der Waals surface area (Å²) in [5, 5.41) is 4.85. The van der Waals surface area contributed by atoms with Gasteiger partial charge in [-0.3, -0.25) is 9.55 Å². The predicted molar refractivity (Wildman–Crippen MR) is 196 cm³/mol. The molecule has 6 aromatic carbocycles. The van der Waals surface area contributed by atoms with Crippen molar-refractivity contribution in [3.63, 3.8) is 0 Å². The van der Waals surface area contributed by atoms with Crippen molar-refractivity contribution < 1.29 is 0 Å². The highest BCUT2D eigenvalue weighted by molar-refractivity contribution is 6.18. The van der Waals surface area contributed by atoms with E-state index in [1.807, 2.05) is 36.5 Å². The fraction of sp³-hybridized carbons (Fsp3) is 0. The molecule has 0 N–H and O–H groups in total. The normalized spacial score (nSPS) is 12.2. The Hall–Kier alpha value is -6.59. The van der Waals surface area contributed by atoms with Crippen molar-refractivity contribution in [1.82, 2.24) is 24.1 Å². The summed E-state index contributed by atoms with van der Waals surface area (Å²) in [6, 6.07) is 51.8. The van der Waals surface area contributed by atoms with Gasteiger partial charge >= 0.3 is 0 Å². The van der Waals surface area contributed by atoms with Gasteiger partial charge in [-0.05, 0) is 71.8 Å². The standard InChI is InChI=1S/C43H25N5/c1-2-11-28(12-3-1)47-37-18-8-4-13-29(37)31-21-20-26(25-39(31)47)27-23-33-30-14-5-9-19-38(30)48-42(33)34(24-27)32-15-10-22-44-40(32)41-43(48)46-36-17-7-6-16-35(36)45-41/h1-25H. The van der Waals surface area contributed by atoms with Crippen LogP contribution in [0.4, 0.5) is 0 Å². The van der Waals surface area contributed by atoms with Crippen molar-refractivity contribution in [2.45, 2.75) is 0 Å². The highest BCUT2D eigenvalue weighted by atomic mass is 15.1. The van der Waals surface area contributed by atoms with Gasteiger partial charge in [-0.25, -0.2) is 9.97 Å². The van der Waals surface area contributed by atoms with Gasteiger partial charge in [-0.15, -0.1) is 0 Å². The molecule has 1 aliphatic rings. The number of aromatic nitrogens is 5. The summed E-state index contributed by atoms with van der Waals surface area (Å²) < 4.78 is 4.68. The first-order chi connectivity index (χ1) is 23.8. The van der Waals surface area contributed by atoms with Crippen LogP contribution in [0.15, 0.2) is 152 Å². The van der Waals surface area contributed by atoms with Gasteiger partial charge in [0, 0.05) is 44.6 Å². The summed E-state index contributed by atoms with van der Waals surface area (Å²) in [6.45, 7) is 0. The average molecular weight is 612 g/mol. The van der Waals surface area contributed by atoms with E-state index in [-0.39, 0.29) is 0 Å². The molecule has 0 aliphatic carbocycles. The number of nitrogens with zero attached hydrogens (tertiary/aromatic N) is 5. The van der Waals surface area contributed by atoms with E-state index in [0.717, 1.165) is 67.2 Å². The van der Waals surface area contributed by atoms with Crippen LogP contribution < -0.4 is 0 Å². The van der Waals surface area contributed by atoms with Gasteiger partial charge in [0.2, 0.25) is 0 Å². The van der Waals surface area contributed by atoms with Gasteiger partial charge in [0.1, 0.15) is 11.4 Å². The Kier molecular flexibility index (Phi) is 5.05. The molecule has 5 heterocycles. The van der Waals surface area contributed by atoms with Gasteiger partial charge in [0.25, 0.3) is 0 Å². The average Bonchev–Trinajstić information content (AvgIpc) is 3.63. The van der Waals surface area contributed by atoms with E-state index in [9.17, 15) is 0 Å². The minimum atomic E-state index is 0.790. The Morgan fingerprint density at radius 1 is 0.417 bits per heavy atom. The molecule has 0 fully saturated rings. The van der Waals surface area contributed by atoms with Crippen molar-refractivity contribution in [3.05, 3.63) is 152 Å². The fourth-order valence-electron chi connectivity index (χ4n) is 7.81. The maximum atomic E-state index is 5.25. The van der Waals surface area contributed by atoms with Crippen molar-refractivity contribution in [2.24, 2.45) is 0 Å². The second kappa shape index (κ2) is 9.47. The van der Waals surface area contributed by atoms with Crippen LogP contribution in [-0.4, -0.2) is 24.1 Å². The summed E-state index contributed by atoms with van der Waals surface area (Å²) in [7, 11) is 0. The van der Waals surface area contributed by atoms with Crippen LogP contribution in [-0.2, 0) is 0 Å². The minimum Gasteiger partial charge on any atom is -0.309 e. The Bertz CT molecular complexity index is 2950. The fourth-order valence-corrected chi connectivity index (χ4v) is 7.81. The molecule has 0 atom stereocenters. The summed E-state index contributed by atoms with van der Waals surface area (Å²) >= 11 is 0. The molecule has 0 amide bonds. The zero-order valence-corrected chi connectivity index (χ0v) is 25.7. The molecule has 10 aromatic rings. The minimum absolute atomic E-state index is 0.790. The maximum absolute atomic E-state index is 5.25. The Labute approximate surface area is 275 Å². The molecule has 222 valence electrons. The number of hydrogen-bond donors (Lipinski definition) is 0. The second-order valence-electron chi connectivity index (χ2n) is 12.5. The Morgan fingerprint density at radius 2 is 1.10 bits per heavy atom. The van der Waals surface area contributed by atoms with Gasteiger partial charge < -0.3 is 4.57 Å². The first-order valence-corrected chi connectivity index (χ1v) is 16.2. The number of fused-ring (bicyclic) bond motifs is 12. The molecule has 5 heteroatoms. The van der Waals surface area contributed by atoms with E-state index >= 15 is 0 Å². The van der Waals surface area contributed by atoms with Gasteiger partial charge in [-0.1, -0.05) is 84.9 Å². The van der Waals surface area contributed by atoms with Gasteiger partial charge in [-0.2, -0.15) is 0 Å². The molecule has 0 unspecified atom stereocenters. The van der Waals surface area contributed by atoms with Crippen LogP contribution in [0.1, 0.15) is 0 Å². The first kappa shape index (κ1) is 25.6. The Morgan fingerprint density at radius 3 is 1.94 bits per heavy atom. The van der Waals surface area contributed by atoms with Gasteiger partial charge in [0.15, 0.2) is 5.82 Å². The number of rotatable bonds is 2. The van der Waals surface area contributed by atoms with Crippen molar-refractivity contribution in [1.29, 1.82) is 0 Å². The molecule has 0 saturated heterocycles. The van der Waals surface area contributed by atoms with E-state index in [0.29, 0.717) is 0 Å². The van der Waals surface area contributed by atoms with E-state index in [1.54, 1.807) is 0 Å². The molecule has 0 saturated carbocycles. The highest BCUT2D eigenvalue weighted by Gasteiger charge is 2.28. The van der Waals surface area contributed by atoms with Crippen molar-refractivity contribution in [2.75, 3.05) is 0 Å². The summed E-state index contributed by atoms with van der Waals surface area (Å²) in [5.74, 6) is 0.806. The van der Waals surface area contributed by atoms with Crippen LogP contribution in [0.2, 0.25) is 0 Å². The van der Waals surface area contributed by atoms with Crippen LogP contribution in [0.25, 0.3) is 99.8 Å². The topological polar surface area (TPSA) is 48.5 Å². The monoisotopic (exact) mass is 611 g/mol. The first-order valence-electron chi connectivity index (χ1n) is 16.2. The van der Waals surface area contributed by atoms with Gasteiger partial charge in [0.05, 0.1) is 33.1 Å². The predicted octanol–water partition coefficient (Wildman–Crippen LogP) is 10.5. The molecular formula is C43H25N5. The molecule has 0 radical (unpaired) electrons. The van der Waals surface area contributed by atoms with Crippen molar-refractivity contribution in [3.8, 4) is 45.1 Å². The highest BCUT2D eigenvalue weighted by Crippen LogP contribution is 2.47. The quantitative estimate of drug-likeness (QED) is 0.195. The zero-order chi connectivity index (χ0) is 31.3. The number of pyridine rings is 1. The zero-order valence-electron chi connectivity index (χ0n) is 25.7. The SMILES string of the molecule is c1ccc(-n2c3ccccc3c3ccc(-c4cc5c6c(c4)c4ccccc4n6-c4nc6ccccc6nc4-c4ncccc4-5)cc32)cc1. The summed E-state index contributed by atoms with van der Waals surface area (Å²) in [4.78, 5) is 15.4. The van der Waals surface area contributed by atoms with E-state index in [1.165, 1.54) is 32.6 Å². The second-order valence-corrected chi connectivity index (χ2v) is 12.5. The maximum Gasteiger partial charge on any atom is 0.166 e. The third-order valence-corrected chi connectivity index (χ3v) is 9.88. The van der Waals surface area contributed by atoms with Crippen LogP contribution in [0.5, 0.6) is 0 Å². The lowest BCUT2D eigenvalue weighted by Gasteiger charge is -2.12. The third kappa shape index (κ3) is 3.42. The van der Waals surface area contributed by atoms with E-state index in [2.05, 4.69) is 124 Å².